The number of halogens is 2. The molecule has 0 aliphatic heterocycles. The molecule has 1 amide bonds. The highest BCUT2D eigenvalue weighted by atomic mass is 79.9. The van der Waals surface area contributed by atoms with Crippen molar-refractivity contribution in [2.24, 2.45) is 0 Å². The van der Waals surface area contributed by atoms with Gasteiger partial charge in [0.05, 0.1) is 0 Å². The van der Waals surface area contributed by atoms with Gasteiger partial charge in [-0.25, -0.2) is 0 Å². The summed E-state index contributed by atoms with van der Waals surface area (Å²) in [4.78, 5) is 13.4. The summed E-state index contributed by atoms with van der Waals surface area (Å²) in [6.07, 6.45) is 0. The topological polar surface area (TPSA) is 32.3 Å². The van der Waals surface area contributed by atoms with Crippen LogP contribution in [0.3, 0.4) is 0 Å². The molecule has 3 nitrogen and oxygen atoms in total. The molecule has 0 fully saturated rings. The number of nitrogens with zero attached hydrogens (tertiary/aromatic N) is 1. The summed E-state index contributed by atoms with van der Waals surface area (Å²) < 4.78 is 0.996. The Bertz CT molecular complexity index is 641. The largest absolute Gasteiger partial charge is 0.381 e. The van der Waals surface area contributed by atoms with Crippen molar-refractivity contribution in [3.05, 3.63) is 63.1 Å². The third-order valence-corrected chi connectivity index (χ3v) is 3.89. The molecule has 0 bridgehead atoms. The summed E-state index contributed by atoms with van der Waals surface area (Å²) >= 11 is 9.59. The number of hydrogen-bond donors (Lipinski definition) is 1. The first-order valence-electron chi connectivity index (χ1n) is 6.47. The van der Waals surface area contributed by atoms with E-state index in [9.17, 15) is 4.79 Å². The van der Waals surface area contributed by atoms with Crippen LogP contribution in [-0.4, -0.2) is 24.9 Å². The first-order chi connectivity index (χ1) is 9.97. The molecule has 2 rings (SSSR count). The van der Waals surface area contributed by atoms with Crippen molar-refractivity contribution in [3.8, 4) is 0 Å². The first-order valence-corrected chi connectivity index (χ1v) is 7.64. The number of benzene rings is 2. The van der Waals surface area contributed by atoms with Gasteiger partial charge in [-0.2, -0.15) is 0 Å². The maximum Gasteiger partial charge on any atom is 0.253 e. The fraction of sp³-hybridized carbons (Fsp3) is 0.188. The van der Waals surface area contributed by atoms with Gasteiger partial charge < -0.3 is 10.2 Å². The molecular weight excluding hydrogens is 352 g/mol. The van der Waals surface area contributed by atoms with Crippen molar-refractivity contribution >= 4 is 39.1 Å². The standard InChI is InChI=1S/C16H16BrClN2O/c1-20(2)16(21)11-3-6-14(7-4-11)19-10-12-9-13(17)5-8-15(12)18/h3-9,19H,10H2,1-2H3. The lowest BCUT2D eigenvalue weighted by Crippen LogP contribution is -2.21. The minimum absolute atomic E-state index is 0.00316. The molecule has 2 aromatic rings. The van der Waals surface area contributed by atoms with Gasteiger partial charge in [-0.3, -0.25) is 4.79 Å². The highest BCUT2D eigenvalue weighted by Gasteiger charge is 2.07. The molecule has 110 valence electrons. The average molecular weight is 368 g/mol. The van der Waals surface area contributed by atoms with E-state index in [-0.39, 0.29) is 5.91 Å². The molecule has 0 aliphatic carbocycles. The fourth-order valence-electron chi connectivity index (χ4n) is 1.86. The van der Waals surface area contributed by atoms with E-state index in [2.05, 4.69) is 21.2 Å². The number of rotatable bonds is 4. The van der Waals surface area contributed by atoms with Crippen LogP contribution in [0, 0.1) is 0 Å². The minimum Gasteiger partial charge on any atom is -0.381 e. The quantitative estimate of drug-likeness (QED) is 0.868. The number of anilines is 1. The summed E-state index contributed by atoms with van der Waals surface area (Å²) in [5, 5.41) is 4.02. The zero-order valence-electron chi connectivity index (χ0n) is 11.9. The van der Waals surface area contributed by atoms with E-state index in [1.165, 1.54) is 0 Å². The Kier molecular flexibility index (Phi) is 5.26. The van der Waals surface area contributed by atoms with E-state index in [4.69, 9.17) is 11.6 Å². The van der Waals surface area contributed by atoms with Crippen molar-refractivity contribution < 1.29 is 4.79 Å². The Morgan fingerprint density at radius 1 is 1.19 bits per heavy atom. The van der Waals surface area contributed by atoms with Gasteiger partial charge in [0.25, 0.3) is 5.91 Å². The average Bonchev–Trinajstić information content (AvgIpc) is 2.48. The lowest BCUT2D eigenvalue weighted by molar-refractivity contribution is 0.0827. The summed E-state index contributed by atoms with van der Waals surface area (Å²) in [7, 11) is 3.48. The second kappa shape index (κ2) is 6.96. The van der Waals surface area contributed by atoms with Gasteiger partial charge >= 0.3 is 0 Å². The Morgan fingerprint density at radius 2 is 1.86 bits per heavy atom. The predicted molar refractivity (Wildman–Crippen MR) is 90.9 cm³/mol. The van der Waals surface area contributed by atoms with E-state index in [1.807, 2.05) is 42.5 Å². The van der Waals surface area contributed by atoms with Crippen LogP contribution < -0.4 is 5.32 Å². The van der Waals surface area contributed by atoms with E-state index >= 15 is 0 Å². The van der Waals surface area contributed by atoms with Gasteiger partial charge in [-0.15, -0.1) is 0 Å². The van der Waals surface area contributed by atoms with Crippen LogP contribution in [-0.2, 0) is 6.54 Å². The number of amides is 1. The lowest BCUT2D eigenvalue weighted by atomic mass is 10.1. The lowest BCUT2D eigenvalue weighted by Gasteiger charge is -2.12. The maximum atomic E-state index is 11.8. The Balaban J connectivity index is 2.04. The van der Waals surface area contributed by atoms with Crippen LogP contribution in [0.2, 0.25) is 5.02 Å². The van der Waals surface area contributed by atoms with E-state index < -0.39 is 0 Å². The normalized spacial score (nSPS) is 10.3. The molecule has 5 heteroatoms. The molecule has 0 atom stereocenters. The summed E-state index contributed by atoms with van der Waals surface area (Å²) in [5.74, 6) is -0.00316. The van der Waals surface area contributed by atoms with Crippen molar-refractivity contribution in [1.82, 2.24) is 4.90 Å². The maximum absolute atomic E-state index is 11.8. The van der Waals surface area contributed by atoms with Gasteiger partial charge in [0.15, 0.2) is 0 Å². The van der Waals surface area contributed by atoms with E-state index in [0.717, 1.165) is 20.7 Å². The highest BCUT2D eigenvalue weighted by Crippen LogP contribution is 2.22. The van der Waals surface area contributed by atoms with Crippen LogP contribution in [0.4, 0.5) is 5.69 Å². The second-order valence-electron chi connectivity index (χ2n) is 4.87. The summed E-state index contributed by atoms with van der Waals surface area (Å²) in [6, 6.07) is 13.2. The monoisotopic (exact) mass is 366 g/mol. The van der Waals surface area contributed by atoms with Crippen LogP contribution in [0.5, 0.6) is 0 Å². The zero-order valence-corrected chi connectivity index (χ0v) is 14.2. The van der Waals surface area contributed by atoms with Crippen molar-refractivity contribution in [2.75, 3.05) is 19.4 Å². The van der Waals surface area contributed by atoms with Gasteiger partial charge in [0, 0.05) is 41.4 Å². The molecule has 0 saturated carbocycles. The van der Waals surface area contributed by atoms with E-state index in [0.29, 0.717) is 12.1 Å². The fourth-order valence-corrected chi connectivity index (χ4v) is 2.46. The number of carbonyl (C=O) groups excluding carboxylic acids is 1. The third kappa shape index (κ3) is 4.22. The molecule has 0 spiro atoms. The molecule has 2 aromatic carbocycles. The van der Waals surface area contributed by atoms with Gasteiger partial charge in [-0.05, 0) is 48.0 Å². The zero-order chi connectivity index (χ0) is 15.4. The van der Waals surface area contributed by atoms with Crippen molar-refractivity contribution in [3.63, 3.8) is 0 Å². The summed E-state index contributed by atoms with van der Waals surface area (Å²) in [6.45, 7) is 0.624. The Morgan fingerprint density at radius 3 is 2.48 bits per heavy atom. The molecule has 0 heterocycles. The van der Waals surface area contributed by atoms with Gasteiger partial charge in [0.2, 0.25) is 0 Å². The third-order valence-electron chi connectivity index (χ3n) is 3.03. The molecule has 0 unspecified atom stereocenters. The van der Waals surface area contributed by atoms with Gasteiger partial charge in [0.1, 0.15) is 0 Å². The molecule has 0 radical (unpaired) electrons. The number of hydrogen-bond acceptors (Lipinski definition) is 2. The van der Waals surface area contributed by atoms with Crippen LogP contribution >= 0.6 is 27.5 Å². The Hall–Kier alpha value is -1.52. The van der Waals surface area contributed by atoms with E-state index in [1.54, 1.807) is 19.0 Å². The van der Waals surface area contributed by atoms with Gasteiger partial charge in [-0.1, -0.05) is 27.5 Å². The molecule has 1 N–H and O–H groups in total. The molecule has 0 aliphatic rings. The van der Waals surface area contributed by atoms with Crippen LogP contribution in [0.1, 0.15) is 15.9 Å². The Labute approximate surface area is 138 Å². The number of nitrogens with one attached hydrogen (secondary N) is 1. The molecular formula is C16H16BrClN2O. The van der Waals surface area contributed by atoms with Crippen molar-refractivity contribution in [2.45, 2.75) is 6.54 Å². The SMILES string of the molecule is CN(C)C(=O)c1ccc(NCc2cc(Br)ccc2Cl)cc1. The predicted octanol–water partition coefficient (Wildman–Crippen LogP) is 4.42. The summed E-state index contributed by atoms with van der Waals surface area (Å²) in [5.41, 5.74) is 2.63. The molecule has 21 heavy (non-hydrogen) atoms. The number of carbonyl (C=O) groups is 1. The minimum atomic E-state index is -0.00316. The smallest absolute Gasteiger partial charge is 0.253 e. The first kappa shape index (κ1) is 15.9. The molecule has 0 saturated heterocycles. The second-order valence-corrected chi connectivity index (χ2v) is 6.19. The van der Waals surface area contributed by atoms with Crippen LogP contribution in [0.15, 0.2) is 46.9 Å². The molecule has 0 aromatic heterocycles. The van der Waals surface area contributed by atoms with Crippen molar-refractivity contribution in [1.29, 1.82) is 0 Å². The highest BCUT2D eigenvalue weighted by molar-refractivity contribution is 9.10. The van der Waals surface area contributed by atoms with Crippen LogP contribution in [0.25, 0.3) is 0 Å².